The van der Waals surface area contributed by atoms with Gasteiger partial charge in [-0.15, -0.1) is 6.58 Å². The van der Waals surface area contributed by atoms with Gasteiger partial charge >= 0.3 is 0 Å². The van der Waals surface area contributed by atoms with E-state index in [-0.39, 0.29) is 0 Å². The van der Waals surface area contributed by atoms with Gasteiger partial charge in [0.25, 0.3) is 0 Å². The quantitative estimate of drug-likeness (QED) is 0.501. The maximum absolute atomic E-state index is 6.01. The highest BCUT2D eigenvalue weighted by Crippen LogP contribution is 2.23. The number of likely N-dealkylation sites (N-methyl/N-ethyl adjacent to an activating group) is 1. The molecule has 118 valence electrons. The summed E-state index contributed by atoms with van der Waals surface area (Å²) in [5.41, 5.74) is 1.10. The molecular weight excluding hydrogens is 284 g/mol. The van der Waals surface area contributed by atoms with Gasteiger partial charge in [0.15, 0.2) is 0 Å². The Kier molecular flexibility index (Phi) is 9.15. The zero-order valence-corrected chi connectivity index (χ0v) is 14.0. The van der Waals surface area contributed by atoms with E-state index in [0.29, 0.717) is 0 Å². The van der Waals surface area contributed by atoms with Gasteiger partial charge in [0.05, 0.1) is 6.61 Å². The van der Waals surface area contributed by atoms with Crippen molar-refractivity contribution in [2.75, 3.05) is 40.3 Å². The van der Waals surface area contributed by atoms with E-state index in [1.54, 1.807) is 0 Å². The summed E-state index contributed by atoms with van der Waals surface area (Å²) in [5.74, 6) is 0.917. The van der Waals surface area contributed by atoms with Gasteiger partial charge in [-0.2, -0.15) is 0 Å². The van der Waals surface area contributed by atoms with Gasteiger partial charge in [-0.05, 0) is 63.7 Å². The fraction of sp³-hybridized carbons (Fsp3) is 0.529. The normalized spacial score (nSPS) is 10.9. The Morgan fingerprint density at radius 1 is 1.29 bits per heavy atom. The highest BCUT2D eigenvalue weighted by Gasteiger charge is 2.03. The predicted octanol–water partition coefficient (Wildman–Crippen LogP) is 3.38. The molecule has 0 aliphatic heterocycles. The number of unbranched alkanes of at least 4 members (excludes halogenated alkanes) is 1. The minimum Gasteiger partial charge on any atom is -0.493 e. The third kappa shape index (κ3) is 8.10. The number of nitrogens with zero attached hydrogens (tertiary/aromatic N) is 1. The lowest BCUT2D eigenvalue weighted by atomic mass is 10.1. The van der Waals surface area contributed by atoms with Crippen LogP contribution in [-0.4, -0.2) is 45.2 Å². The van der Waals surface area contributed by atoms with Gasteiger partial charge in [0.2, 0.25) is 0 Å². The SMILES string of the molecule is C=CCc1cc(Cl)ccc1OCCCCNCCN(C)C. The Hall–Kier alpha value is -1.03. The number of allylic oxidation sites excluding steroid dienone is 1. The number of hydrogen-bond donors (Lipinski definition) is 1. The fourth-order valence-electron chi connectivity index (χ4n) is 1.97. The van der Waals surface area contributed by atoms with Crippen molar-refractivity contribution in [2.45, 2.75) is 19.3 Å². The van der Waals surface area contributed by atoms with Crippen molar-refractivity contribution in [3.8, 4) is 5.75 Å². The van der Waals surface area contributed by atoms with Crippen molar-refractivity contribution in [3.05, 3.63) is 41.4 Å². The average Bonchev–Trinajstić information content (AvgIpc) is 2.44. The summed E-state index contributed by atoms with van der Waals surface area (Å²) < 4.78 is 5.85. The molecule has 0 heterocycles. The highest BCUT2D eigenvalue weighted by atomic mass is 35.5. The van der Waals surface area contributed by atoms with E-state index in [1.165, 1.54) is 0 Å². The number of benzene rings is 1. The molecule has 0 amide bonds. The molecule has 0 spiro atoms. The molecule has 0 fully saturated rings. The molecule has 0 aliphatic carbocycles. The minimum atomic E-state index is 0.737. The molecule has 0 aromatic heterocycles. The van der Waals surface area contributed by atoms with E-state index in [1.807, 2.05) is 24.3 Å². The maximum atomic E-state index is 6.01. The first kappa shape index (κ1) is 18.0. The number of nitrogens with one attached hydrogen (secondary N) is 1. The summed E-state index contributed by atoms with van der Waals surface area (Å²) in [6, 6.07) is 5.75. The van der Waals surface area contributed by atoms with Gasteiger partial charge in [-0.25, -0.2) is 0 Å². The van der Waals surface area contributed by atoms with E-state index in [0.717, 1.165) is 61.8 Å². The van der Waals surface area contributed by atoms with Crippen LogP contribution < -0.4 is 10.1 Å². The van der Waals surface area contributed by atoms with Crippen molar-refractivity contribution in [1.82, 2.24) is 10.2 Å². The summed E-state index contributed by atoms with van der Waals surface area (Å²) in [6.07, 6.45) is 4.82. The zero-order valence-electron chi connectivity index (χ0n) is 13.2. The second-order valence-electron chi connectivity index (χ2n) is 5.35. The third-order valence-electron chi connectivity index (χ3n) is 3.13. The Bertz CT molecular complexity index is 421. The minimum absolute atomic E-state index is 0.737. The largest absolute Gasteiger partial charge is 0.493 e. The Balaban J connectivity index is 2.19. The lowest BCUT2D eigenvalue weighted by molar-refractivity contribution is 0.302. The second-order valence-corrected chi connectivity index (χ2v) is 5.79. The molecule has 0 radical (unpaired) electrons. The first-order chi connectivity index (χ1) is 10.1. The Morgan fingerprint density at radius 2 is 2.10 bits per heavy atom. The van der Waals surface area contributed by atoms with Crippen molar-refractivity contribution >= 4 is 11.6 Å². The van der Waals surface area contributed by atoms with Crippen LogP contribution in [-0.2, 0) is 6.42 Å². The molecular formula is C17H27ClN2O. The molecule has 0 atom stereocenters. The molecule has 0 saturated heterocycles. The summed E-state index contributed by atoms with van der Waals surface area (Å²) in [7, 11) is 4.17. The summed E-state index contributed by atoms with van der Waals surface area (Å²) in [5, 5.41) is 4.17. The standard InChI is InChI=1S/C17H27ClN2O/c1-4-7-15-14-16(18)8-9-17(15)21-13-6-5-10-19-11-12-20(2)3/h4,8-9,14,19H,1,5-7,10-13H2,2-3H3. The van der Waals surface area contributed by atoms with Crippen LogP contribution in [0, 0.1) is 0 Å². The van der Waals surface area contributed by atoms with Crippen LogP contribution in [0.2, 0.25) is 5.02 Å². The van der Waals surface area contributed by atoms with Gasteiger partial charge in [0.1, 0.15) is 5.75 Å². The van der Waals surface area contributed by atoms with E-state index in [2.05, 4.69) is 30.9 Å². The van der Waals surface area contributed by atoms with Gasteiger partial charge in [-0.1, -0.05) is 17.7 Å². The lowest BCUT2D eigenvalue weighted by Crippen LogP contribution is -2.27. The summed E-state index contributed by atoms with van der Waals surface area (Å²) in [6.45, 7) is 7.66. The third-order valence-corrected chi connectivity index (χ3v) is 3.36. The van der Waals surface area contributed by atoms with Crippen molar-refractivity contribution in [2.24, 2.45) is 0 Å². The smallest absolute Gasteiger partial charge is 0.122 e. The van der Waals surface area contributed by atoms with E-state index >= 15 is 0 Å². The monoisotopic (exact) mass is 310 g/mol. The van der Waals surface area contributed by atoms with Crippen LogP contribution in [0.25, 0.3) is 0 Å². The first-order valence-electron chi connectivity index (χ1n) is 7.51. The second kappa shape index (κ2) is 10.7. The summed E-state index contributed by atoms with van der Waals surface area (Å²) >= 11 is 6.01. The number of rotatable bonds is 11. The van der Waals surface area contributed by atoms with Crippen molar-refractivity contribution in [1.29, 1.82) is 0 Å². The van der Waals surface area contributed by atoms with Crippen LogP contribution >= 0.6 is 11.6 Å². The topological polar surface area (TPSA) is 24.5 Å². The first-order valence-corrected chi connectivity index (χ1v) is 7.89. The molecule has 0 aliphatic rings. The Labute approximate surface area is 133 Å². The van der Waals surface area contributed by atoms with E-state index < -0.39 is 0 Å². The molecule has 1 aromatic carbocycles. The molecule has 0 unspecified atom stereocenters. The molecule has 3 nitrogen and oxygen atoms in total. The van der Waals surface area contributed by atoms with Crippen LogP contribution in [0.5, 0.6) is 5.75 Å². The van der Waals surface area contributed by atoms with Crippen LogP contribution in [0.1, 0.15) is 18.4 Å². The maximum Gasteiger partial charge on any atom is 0.122 e. The molecule has 21 heavy (non-hydrogen) atoms. The average molecular weight is 311 g/mol. The molecule has 4 heteroatoms. The molecule has 1 rings (SSSR count). The van der Waals surface area contributed by atoms with E-state index in [4.69, 9.17) is 16.3 Å². The molecule has 1 aromatic rings. The van der Waals surface area contributed by atoms with Gasteiger partial charge in [-0.3, -0.25) is 0 Å². The van der Waals surface area contributed by atoms with Crippen LogP contribution in [0.4, 0.5) is 0 Å². The number of hydrogen-bond acceptors (Lipinski definition) is 3. The van der Waals surface area contributed by atoms with Crippen molar-refractivity contribution in [3.63, 3.8) is 0 Å². The summed E-state index contributed by atoms with van der Waals surface area (Å²) in [4.78, 5) is 2.18. The molecule has 1 N–H and O–H groups in total. The van der Waals surface area contributed by atoms with Crippen LogP contribution in [0.3, 0.4) is 0 Å². The number of ether oxygens (including phenoxy) is 1. The highest BCUT2D eigenvalue weighted by molar-refractivity contribution is 6.30. The lowest BCUT2D eigenvalue weighted by Gasteiger charge is -2.12. The van der Waals surface area contributed by atoms with E-state index in [9.17, 15) is 0 Å². The molecule has 0 saturated carbocycles. The van der Waals surface area contributed by atoms with Crippen molar-refractivity contribution < 1.29 is 4.74 Å². The number of halogens is 1. The zero-order chi connectivity index (χ0) is 15.5. The fourth-order valence-corrected chi connectivity index (χ4v) is 2.16. The molecule has 0 bridgehead atoms. The Morgan fingerprint density at radius 3 is 2.81 bits per heavy atom. The van der Waals surface area contributed by atoms with Crippen LogP contribution in [0.15, 0.2) is 30.9 Å². The van der Waals surface area contributed by atoms with Gasteiger partial charge < -0.3 is 15.0 Å². The van der Waals surface area contributed by atoms with Gasteiger partial charge in [0, 0.05) is 18.1 Å². The predicted molar refractivity (Wildman–Crippen MR) is 91.5 cm³/mol.